The van der Waals surface area contributed by atoms with E-state index in [1.54, 1.807) is 28.0 Å². The Kier molecular flexibility index (Phi) is 5.90. The van der Waals surface area contributed by atoms with Crippen molar-refractivity contribution in [1.29, 1.82) is 0 Å². The SMILES string of the molecule is CC(C)(C)OC(=O)N1CC[C@@H](Oc2ccc(-c3cnc4cc(-c5cccc6ncccc56)nn4c3)nc2)C1. The molecule has 38 heavy (non-hydrogen) atoms. The second-order valence-corrected chi connectivity index (χ2v) is 10.4. The van der Waals surface area contributed by atoms with Crippen molar-refractivity contribution >= 4 is 22.6 Å². The first-order valence-corrected chi connectivity index (χ1v) is 12.6. The quantitative estimate of drug-likeness (QED) is 0.321. The molecule has 0 radical (unpaired) electrons. The van der Waals surface area contributed by atoms with Gasteiger partial charge in [0.1, 0.15) is 17.5 Å². The van der Waals surface area contributed by atoms with Crippen molar-refractivity contribution in [2.45, 2.75) is 38.9 Å². The second kappa shape index (κ2) is 9.41. The molecule has 1 aromatic carbocycles. The smallest absolute Gasteiger partial charge is 0.410 e. The lowest BCUT2D eigenvalue weighted by Gasteiger charge is -2.24. The van der Waals surface area contributed by atoms with Crippen LogP contribution in [0.25, 0.3) is 39.1 Å². The zero-order chi connectivity index (χ0) is 26.3. The third-order valence-corrected chi connectivity index (χ3v) is 6.37. The highest BCUT2D eigenvalue weighted by molar-refractivity contribution is 5.94. The molecule has 1 amide bonds. The predicted molar refractivity (Wildman–Crippen MR) is 144 cm³/mol. The maximum absolute atomic E-state index is 12.3. The molecule has 1 saturated heterocycles. The summed E-state index contributed by atoms with van der Waals surface area (Å²) in [4.78, 5) is 27.6. The number of ether oxygens (including phenoxy) is 2. The number of aromatic nitrogens is 5. The molecule has 192 valence electrons. The Morgan fingerprint density at radius 1 is 1.00 bits per heavy atom. The third-order valence-electron chi connectivity index (χ3n) is 6.37. The molecule has 0 unspecified atom stereocenters. The summed E-state index contributed by atoms with van der Waals surface area (Å²) in [6.45, 7) is 6.69. The third kappa shape index (κ3) is 4.87. The molecule has 9 heteroatoms. The number of fused-ring (bicyclic) bond motifs is 2. The predicted octanol–water partition coefficient (Wildman–Crippen LogP) is 5.39. The van der Waals surface area contributed by atoms with Gasteiger partial charge < -0.3 is 14.4 Å². The normalized spacial score (nSPS) is 15.8. The monoisotopic (exact) mass is 508 g/mol. The zero-order valence-corrected chi connectivity index (χ0v) is 21.5. The molecule has 0 spiro atoms. The number of carbonyl (C=O) groups excluding carboxylic acids is 1. The van der Waals surface area contributed by atoms with Crippen LogP contribution in [0, 0.1) is 0 Å². The molecule has 1 aliphatic rings. The lowest BCUT2D eigenvalue weighted by Crippen LogP contribution is -2.36. The fraction of sp³-hybridized carbons (Fsp3) is 0.276. The summed E-state index contributed by atoms with van der Waals surface area (Å²) in [5.41, 5.74) is 4.62. The molecule has 5 heterocycles. The highest BCUT2D eigenvalue weighted by atomic mass is 16.6. The fourth-order valence-corrected chi connectivity index (χ4v) is 4.60. The molecule has 0 N–H and O–H groups in total. The number of carbonyl (C=O) groups is 1. The van der Waals surface area contributed by atoms with Crippen LogP contribution in [0.5, 0.6) is 5.75 Å². The van der Waals surface area contributed by atoms with Gasteiger partial charge in [0.25, 0.3) is 0 Å². The van der Waals surface area contributed by atoms with E-state index < -0.39 is 5.60 Å². The van der Waals surface area contributed by atoms with Crippen LogP contribution in [0.15, 0.2) is 73.3 Å². The van der Waals surface area contributed by atoms with E-state index in [2.05, 4.69) is 21.0 Å². The van der Waals surface area contributed by atoms with E-state index in [4.69, 9.17) is 14.6 Å². The van der Waals surface area contributed by atoms with Gasteiger partial charge in [0.05, 0.1) is 29.6 Å². The maximum Gasteiger partial charge on any atom is 0.410 e. The molecule has 9 nitrogen and oxygen atoms in total. The van der Waals surface area contributed by atoms with Gasteiger partial charge in [-0.3, -0.25) is 9.97 Å². The minimum absolute atomic E-state index is 0.0973. The molecule has 4 aromatic heterocycles. The summed E-state index contributed by atoms with van der Waals surface area (Å²) in [7, 11) is 0. The fourth-order valence-electron chi connectivity index (χ4n) is 4.60. The molecule has 0 bridgehead atoms. The van der Waals surface area contributed by atoms with E-state index in [1.165, 1.54) is 0 Å². The molecule has 1 fully saturated rings. The highest BCUT2D eigenvalue weighted by Crippen LogP contribution is 2.28. The summed E-state index contributed by atoms with van der Waals surface area (Å²) < 4.78 is 13.3. The number of rotatable bonds is 4. The van der Waals surface area contributed by atoms with Gasteiger partial charge in [0.2, 0.25) is 0 Å². The van der Waals surface area contributed by atoms with E-state index in [0.29, 0.717) is 18.8 Å². The van der Waals surface area contributed by atoms with E-state index in [-0.39, 0.29) is 12.2 Å². The van der Waals surface area contributed by atoms with Crippen LogP contribution >= 0.6 is 0 Å². The van der Waals surface area contributed by atoms with Crippen LogP contribution in [0.4, 0.5) is 4.79 Å². The average molecular weight is 509 g/mol. The molecule has 0 aliphatic carbocycles. The maximum atomic E-state index is 12.3. The zero-order valence-electron chi connectivity index (χ0n) is 21.5. The summed E-state index contributed by atoms with van der Waals surface area (Å²) in [5.74, 6) is 0.657. The summed E-state index contributed by atoms with van der Waals surface area (Å²) in [6.07, 6.45) is 7.55. The van der Waals surface area contributed by atoms with Gasteiger partial charge in [-0.05, 0) is 45.0 Å². The Bertz CT molecular complexity index is 1620. The first-order valence-electron chi connectivity index (χ1n) is 12.6. The Labute approximate surface area is 220 Å². The number of likely N-dealkylation sites (tertiary alicyclic amines) is 1. The van der Waals surface area contributed by atoms with Crippen molar-refractivity contribution in [3.05, 3.63) is 73.3 Å². The van der Waals surface area contributed by atoms with Gasteiger partial charge in [-0.15, -0.1) is 0 Å². The standard InChI is InChI=1S/C29H28N6O3/c1-29(2,3)38-28(36)34-13-11-21(18-34)37-20-9-10-24(31-16-20)19-15-32-27-14-26(33-35(27)17-19)23-6-4-8-25-22(23)7-5-12-30-25/h4-10,12,14-17,21H,11,13,18H2,1-3H3/t21-/m1/s1. The van der Waals surface area contributed by atoms with Crippen LogP contribution in [0.3, 0.4) is 0 Å². The van der Waals surface area contributed by atoms with Crippen molar-refractivity contribution in [3.63, 3.8) is 0 Å². The van der Waals surface area contributed by atoms with Crippen LogP contribution < -0.4 is 4.74 Å². The highest BCUT2D eigenvalue weighted by Gasteiger charge is 2.31. The molecule has 6 rings (SSSR count). The lowest BCUT2D eigenvalue weighted by atomic mass is 10.1. The number of hydrogen-bond acceptors (Lipinski definition) is 7. The largest absolute Gasteiger partial charge is 0.487 e. The van der Waals surface area contributed by atoms with Gasteiger partial charge in [-0.2, -0.15) is 5.10 Å². The number of pyridine rings is 2. The molecule has 5 aromatic rings. The van der Waals surface area contributed by atoms with Gasteiger partial charge >= 0.3 is 6.09 Å². The Morgan fingerprint density at radius 3 is 2.71 bits per heavy atom. The van der Waals surface area contributed by atoms with Gasteiger partial charge in [-0.1, -0.05) is 18.2 Å². The van der Waals surface area contributed by atoms with E-state index >= 15 is 0 Å². The number of nitrogens with zero attached hydrogens (tertiary/aromatic N) is 6. The van der Waals surface area contributed by atoms with E-state index in [9.17, 15) is 4.79 Å². The van der Waals surface area contributed by atoms with E-state index in [0.717, 1.165) is 45.5 Å². The molecular weight excluding hydrogens is 480 g/mol. The first kappa shape index (κ1) is 23.8. The second-order valence-electron chi connectivity index (χ2n) is 10.4. The molecule has 0 saturated carbocycles. The molecule has 1 aliphatic heterocycles. The Balaban J connectivity index is 1.16. The summed E-state index contributed by atoms with van der Waals surface area (Å²) in [5, 5.41) is 5.83. The number of hydrogen-bond donors (Lipinski definition) is 0. The average Bonchev–Trinajstić information content (AvgIpc) is 3.55. The van der Waals surface area contributed by atoms with Gasteiger partial charge in [0, 0.05) is 54.1 Å². The molecule has 1 atom stereocenters. The van der Waals surface area contributed by atoms with Crippen LogP contribution in [-0.2, 0) is 4.74 Å². The minimum Gasteiger partial charge on any atom is -0.487 e. The first-order chi connectivity index (χ1) is 18.3. The topological polar surface area (TPSA) is 94.7 Å². The summed E-state index contributed by atoms with van der Waals surface area (Å²) in [6, 6.07) is 15.8. The number of amides is 1. The van der Waals surface area contributed by atoms with Crippen molar-refractivity contribution < 1.29 is 14.3 Å². The minimum atomic E-state index is -0.515. The van der Waals surface area contributed by atoms with E-state index in [1.807, 2.05) is 69.4 Å². The molecular formula is C29H28N6O3. The van der Waals surface area contributed by atoms with Crippen molar-refractivity contribution in [3.8, 4) is 28.3 Å². The van der Waals surface area contributed by atoms with Crippen molar-refractivity contribution in [2.75, 3.05) is 13.1 Å². The Morgan fingerprint density at radius 2 is 1.89 bits per heavy atom. The number of benzene rings is 1. The van der Waals surface area contributed by atoms with Crippen LogP contribution in [-0.4, -0.2) is 60.4 Å². The lowest BCUT2D eigenvalue weighted by molar-refractivity contribution is 0.0275. The van der Waals surface area contributed by atoms with Gasteiger partial charge in [-0.25, -0.2) is 14.3 Å². The van der Waals surface area contributed by atoms with Crippen LogP contribution in [0.2, 0.25) is 0 Å². The Hall–Kier alpha value is -4.53. The summed E-state index contributed by atoms with van der Waals surface area (Å²) >= 11 is 0. The van der Waals surface area contributed by atoms with Gasteiger partial charge in [0.15, 0.2) is 5.65 Å². The van der Waals surface area contributed by atoms with Crippen LogP contribution in [0.1, 0.15) is 27.2 Å². The van der Waals surface area contributed by atoms with Crippen molar-refractivity contribution in [2.24, 2.45) is 0 Å². The van der Waals surface area contributed by atoms with Crippen molar-refractivity contribution in [1.82, 2.24) is 29.5 Å².